The molecule has 0 spiro atoms. The maximum Gasteiger partial charge on any atom is 0.274 e. The monoisotopic (exact) mass is 408 g/mol. The van der Waals surface area contributed by atoms with Crippen molar-refractivity contribution in [1.82, 2.24) is 4.98 Å². The number of allylic oxidation sites excluding steroid dienone is 4. The zero-order valence-electron chi connectivity index (χ0n) is 16.7. The number of carbonyl (C=O) groups excluding carboxylic acids is 3. The number of hydrogen-bond acceptors (Lipinski definition) is 4. The highest BCUT2D eigenvalue weighted by Gasteiger charge is 2.29. The maximum absolute atomic E-state index is 12.7. The van der Waals surface area contributed by atoms with Gasteiger partial charge in [0.1, 0.15) is 5.69 Å². The molecule has 1 N–H and O–H groups in total. The summed E-state index contributed by atoms with van der Waals surface area (Å²) in [5.41, 5.74) is 2.14. The summed E-state index contributed by atoms with van der Waals surface area (Å²) in [6.45, 7) is 0. The van der Waals surface area contributed by atoms with E-state index in [0.29, 0.717) is 27.9 Å². The van der Waals surface area contributed by atoms with Gasteiger partial charge in [0.2, 0.25) is 0 Å². The van der Waals surface area contributed by atoms with E-state index in [1.807, 2.05) is 0 Å². The lowest BCUT2D eigenvalue weighted by atomic mass is 9.84. The Bertz CT molecular complexity index is 1200. The number of nitrogens with one attached hydrogen (secondary N) is 1. The van der Waals surface area contributed by atoms with Crippen molar-refractivity contribution in [1.29, 1.82) is 0 Å². The van der Waals surface area contributed by atoms with Crippen molar-refractivity contribution in [3.8, 4) is 0 Å². The normalized spacial score (nSPS) is 13.5. The first-order chi connectivity index (χ1) is 15.1. The molecule has 5 rings (SSSR count). The van der Waals surface area contributed by atoms with Crippen LogP contribution in [0.4, 0.5) is 5.69 Å². The predicted molar refractivity (Wildman–Crippen MR) is 119 cm³/mol. The number of hydrogen-bond donors (Lipinski definition) is 1. The standard InChI is InChI=1S/C20H12N2O3.C6H8/c23-18-13-5-1-2-6-14(13)19(24)16-11-12(8-9-15(16)18)22-20(25)17-7-3-4-10-21-17;1-2-4-6-5-3-1/h1-11H,(H,22,25);1-4H,5-6H2. The summed E-state index contributed by atoms with van der Waals surface area (Å²) < 4.78 is 0. The van der Waals surface area contributed by atoms with Crippen LogP contribution >= 0.6 is 0 Å². The first-order valence-electron chi connectivity index (χ1n) is 10.0. The molecule has 1 aromatic heterocycles. The molecule has 0 unspecified atom stereocenters. The van der Waals surface area contributed by atoms with Gasteiger partial charge < -0.3 is 5.32 Å². The van der Waals surface area contributed by atoms with E-state index < -0.39 is 0 Å². The SMILES string of the molecule is C1=CCCC=C1.O=C(Nc1ccc2c(c1)C(=O)c1ccccc1C2=O)c1ccccn1. The summed E-state index contributed by atoms with van der Waals surface area (Å²) in [5.74, 6) is -0.789. The molecule has 31 heavy (non-hydrogen) atoms. The number of amides is 1. The van der Waals surface area contributed by atoms with Gasteiger partial charge in [-0.3, -0.25) is 19.4 Å². The largest absolute Gasteiger partial charge is 0.321 e. The fourth-order valence-corrected chi connectivity index (χ4v) is 3.41. The van der Waals surface area contributed by atoms with Crippen LogP contribution in [0.2, 0.25) is 0 Å². The molecular weight excluding hydrogens is 388 g/mol. The fourth-order valence-electron chi connectivity index (χ4n) is 3.41. The summed E-state index contributed by atoms with van der Waals surface area (Å²) in [7, 11) is 0. The molecule has 0 radical (unpaired) electrons. The molecular formula is C26H20N2O3. The number of carbonyl (C=O) groups is 3. The van der Waals surface area contributed by atoms with Gasteiger partial charge in [0, 0.05) is 34.1 Å². The van der Waals surface area contributed by atoms with Crippen LogP contribution in [0, 0.1) is 0 Å². The van der Waals surface area contributed by atoms with Crippen LogP contribution in [0.1, 0.15) is 55.2 Å². The third kappa shape index (κ3) is 4.41. The van der Waals surface area contributed by atoms with E-state index in [1.165, 1.54) is 25.1 Å². The molecule has 2 aromatic carbocycles. The first kappa shape index (κ1) is 20.2. The molecule has 5 nitrogen and oxygen atoms in total. The number of rotatable bonds is 2. The van der Waals surface area contributed by atoms with Crippen molar-refractivity contribution in [2.24, 2.45) is 0 Å². The molecule has 1 amide bonds. The Morgan fingerprint density at radius 1 is 0.742 bits per heavy atom. The van der Waals surface area contributed by atoms with Crippen LogP contribution in [-0.4, -0.2) is 22.5 Å². The summed E-state index contributed by atoms with van der Waals surface area (Å²) >= 11 is 0. The van der Waals surface area contributed by atoms with Crippen molar-refractivity contribution in [3.63, 3.8) is 0 Å². The highest BCUT2D eigenvalue weighted by atomic mass is 16.2. The van der Waals surface area contributed by atoms with Gasteiger partial charge in [-0.1, -0.05) is 54.6 Å². The van der Waals surface area contributed by atoms with E-state index in [1.54, 1.807) is 54.6 Å². The molecule has 0 saturated heterocycles. The van der Waals surface area contributed by atoms with Gasteiger partial charge in [-0.2, -0.15) is 0 Å². The summed E-state index contributed by atoms with van der Waals surface area (Å²) in [6, 6.07) is 16.5. The number of anilines is 1. The van der Waals surface area contributed by atoms with Crippen LogP contribution in [0.25, 0.3) is 0 Å². The molecule has 0 bridgehead atoms. The van der Waals surface area contributed by atoms with Gasteiger partial charge in [0.15, 0.2) is 11.6 Å². The van der Waals surface area contributed by atoms with Gasteiger partial charge in [0.25, 0.3) is 5.91 Å². The molecule has 0 saturated carbocycles. The second-order valence-electron chi connectivity index (χ2n) is 7.07. The molecule has 152 valence electrons. The highest BCUT2D eigenvalue weighted by molar-refractivity contribution is 6.28. The van der Waals surface area contributed by atoms with Crippen molar-refractivity contribution in [3.05, 3.63) is 119 Å². The van der Waals surface area contributed by atoms with E-state index >= 15 is 0 Å². The highest BCUT2D eigenvalue weighted by Crippen LogP contribution is 2.29. The van der Waals surface area contributed by atoms with Gasteiger partial charge in [-0.25, -0.2) is 0 Å². The van der Waals surface area contributed by atoms with E-state index in [2.05, 4.69) is 34.6 Å². The van der Waals surface area contributed by atoms with Crippen molar-refractivity contribution in [2.75, 3.05) is 5.32 Å². The Hall–Kier alpha value is -4.12. The second-order valence-corrected chi connectivity index (χ2v) is 7.07. The predicted octanol–water partition coefficient (Wildman–Crippen LogP) is 5.00. The smallest absolute Gasteiger partial charge is 0.274 e. The number of pyridine rings is 1. The average Bonchev–Trinajstić information content (AvgIpc) is 2.84. The van der Waals surface area contributed by atoms with Crippen LogP contribution in [0.15, 0.2) is 91.2 Å². The minimum atomic E-state index is -0.379. The lowest BCUT2D eigenvalue weighted by Gasteiger charge is -2.18. The Morgan fingerprint density at radius 2 is 1.35 bits per heavy atom. The van der Waals surface area contributed by atoms with Crippen molar-refractivity contribution >= 4 is 23.2 Å². The first-order valence-corrected chi connectivity index (χ1v) is 10.0. The molecule has 3 aromatic rings. The lowest BCUT2D eigenvalue weighted by molar-refractivity contribution is 0.0979. The summed E-state index contributed by atoms with van der Waals surface area (Å²) in [5, 5.41) is 2.70. The van der Waals surface area contributed by atoms with Gasteiger partial charge in [0.05, 0.1) is 0 Å². The zero-order chi connectivity index (χ0) is 21.6. The molecule has 5 heteroatoms. The number of nitrogens with zero attached hydrogens (tertiary/aromatic N) is 1. The third-order valence-corrected chi connectivity index (χ3v) is 4.96. The molecule has 1 heterocycles. The summed E-state index contributed by atoms with van der Waals surface area (Å²) in [4.78, 5) is 41.4. The Morgan fingerprint density at radius 3 is 1.94 bits per heavy atom. The minimum absolute atomic E-state index is 0.187. The Kier molecular flexibility index (Phi) is 5.94. The summed E-state index contributed by atoms with van der Waals surface area (Å²) in [6.07, 6.45) is 12.5. The van der Waals surface area contributed by atoms with Crippen LogP contribution in [0.3, 0.4) is 0 Å². The number of fused-ring (bicyclic) bond motifs is 2. The molecule has 0 aliphatic heterocycles. The second kappa shape index (κ2) is 9.13. The van der Waals surface area contributed by atoms with E-state index in [4.69, 9.17) is 0 Å². The maximum atomic E-state index is 12.7. The Labute approximate surface area is 180 Å². The van der Waals surface area contributed by atoms with E-state index in [-0.39, 0.29) is 23.2 Å². The number of benzene rings is 2. The number of ketones is 2. The Balaban J connectivity index is 0.000000334. The van der Waals surface area contributed by atoms with Gasteiger partial charge >= 0.3 is 0 Å². The van der Waals surface area contributed by atoms with Crippen LogP contribution in [-0.2, 0) is 0 Å². The van der Waals surface area contributed by atoms with Crippen LogP contribution < -0.4 is 5.32 Å². The van der Waals surface area contributed by atoms with Crippen molar-refractivity contribution < 1.29 is 14.4 Å². The average molecular weight is 408 g/mol. The van der Waals surface area contributed by atoms with Crippen LogP contribution in [0.5, 0.6) is 0 Å². The lowest BCUT2D eigenvalue weighted by Crippen LogP contribution is -2.21. The molecule has 2 aliphatic carbocycles. The topological polar surface area (TPSA) is 76.1 Å². The molecule has 0 atom stereocenters. The fraction of sp³-hybridized carbons (Fsp3) is 0.0769. The van der Waals surface area contributed by atoms with E-state index in [0.717, 1.165) is 0 Å². The van der Waals surface area contributed by atoms with Gasteiger partial charge in [-0.15, -0.1) is 0 Å². The zero-order valence-corrected chi connectivity index (χ0v) is 16.7. The quantitative estimate of drug-likeness (QED) is 0.506. The van der Waals surface area contributed by atoms with E-state index in [9.17, 15) is 14.4 Å². The number of aromatic nitrogens is 1. The molecule has 2 aliphatic rings. The third-order valence-electron chi connectivity index (χ3n) is 4.96. The minimum Gasteiger partial charge on any atom is -0.321 e. The molecule has 0 fully saturated rings. The van der Waals surface area contributed by atoms with Crippen molar-refractivity contribution in [2.45, 2.75) is 12.8 Å². The van der Waals surface area contributed by atoms with Gasteiger partial charge in [-0.05, 0) is 43.2 Å².